The number of hydrogen-bond acceptors (Lipinski definition) is 1. The highest BCUT2D eigenvalue weighted by molar-refractivity contribution is 5.46. The topological polar surface area (TPSA) is 12.0 Å². The van der Waals surface area contributed by atoms with E-state index in [-0.39, 0.29) is 0 Å². The molecule has 3 rings (SSSR count). The van der Waals surface area contributed by atoms with Crippen LogP contribution >= 0.6 is 0 Å². The molecule has 1 fully saturated rings. The van der Waals surface area contributed by atoms with Crippen LogP contribution in [-0.4, -0.2) is 12.6 Å². The van der Waals surface area contributed by atoms with Crippen LogP contribution in [0.5, 0.6) is 0 Å². The van der Waals surface area contributed by atoms with E-state index in [0.717, 1.165) is 24.3 Å². The first-order valence-corrected chi connectivity index (χ1v) is 9.48. The van der Waals surface area contributed by atoms with Crippen LogP contribution in [0.2, 0.25) is 0 Å². The van der Waals surface area contributed by atoms with Gasteiger partial charge in [0.15, 0.2) is 0 Å². The van der Waals surface area contributed by atoms with E-state index < -0.39 is 0 Å². The molecule has 22 heavy (non-hydrogen) atoms. The fourth-order valence-corrected chi connectivity index (χ4v) is 4.64. The first-order valence-electron chi connectivity index (χ1n) is 9.48. The Bertz CT molecular complexity index is 496. The maximum atomic E-state index is 3.83. The van der Waals surface area contributed by atoms with Crippen LogP contribution in [0, 0.1) is 23.7 Å². The Balaban J connectivity index is 1.87. The first-order chi connectivity index (χ1) is 10.6. The monoisotopic (exact) mass is 299 g/mol. The molecular weight excluding hydrogens is 266 g/mol. The molecular formula is C21H33N. The maximum absolute atomic E-state index is 3.83. The highest BCUT2D eigenvalue weighted by atomic mass is 14.9. The lowest BCUT2D eigenvalue weighted by Gasteiger charge is -2.45. The minimum atomic E-state index is 0.615. The standard InChI is InChI=1S/C21H33N/c1-5-6-7-8-17-9-10-18-13-22-20-11-14(2)15(3)16(4)21(20)19(18)12-17/h9-10,12,14-16,18,20,22H,5-8,11,13H2,1-4H3. The average Bonchev–Trinajstić information content (AvgIpc) is 2.52. The number of nitrogens with one attached hydrogen (secondary N) is 1. The number of allylic oxidation sites excluding steroid dienone is 3. The summed E-state index contributed by atoms with van der Waals surface area (Å²) in [6.07, 6.45) is 14.0. The van der Waals surface area contributed by atoms with Gasteiger partial charge in [-0.2, -0.15) is 0 Å². The number of rotatable bonds is 4. The summed E-state index contributed by atoms with van der Waals surface area (Å²) >= 11 is 0. The molecule has 3 aliphatic rings. The zero-order valence-corrected chi connectivity index (χ0v) is 14.9. The Hall–Kier alpha value is -0.820. The van der Waals surface area contributed by atoms with E-state index in [9.17, 15) is 0 Å². The van der Waals surface area contributed by atoms with Crippen molar-refractivity contribution in [2.75, 3.05) is 6.54 Å². The Labute approximate surface area is 137 Å². The second-order valence-electron chi connectivity index (χ2n) is 7.87. The van der Waals surface area contributed by atoms with Gasteiger partial charge in [0.2, 0.25) is 0 Å². The molecule has 1 saturated carbocycles. The average molecular weight is 300 g/mol. The van der Waals surface area contributed by atoms with E-state index in [1.54, 1.807) is 16.7 Å². The summed E-state index contributed by atoms with van der Waals surface area (Å²) < 4.78 is 0. The van der Waals surface area contributed by atoms with E-state index >= 15 is 0 Å². The van der Waals surface area contributed by atoms with Crippen molar-refractivity contribution < 1.29 is 0 Å². The Morgan fingerprint density at radius 2 is 2.00 bits per heavy atom. The molecule has 1 N–H and O–H groups in total. The van der Waals surface area contributed by atoms with Crippen LogP contribution in [-0.2, 0) is 0 Å². The summed E-state index contributed by atoms with van der Waals surface area (Å²) in [5, 5.41) is 3.83. The van der Waals surface area contributed by atoms with Crippen LogP contribution in [0.1, 0.15) is 59.8 Å². The lowest BCUT2D eigenvalue weighted by molar-refractivity contribution is 0.207. The minimum absolute atomic E-state index is 0.615. The smallest absolute Gasteiger partial charge is 0.0291 e. The van der Waals surface area contributed by atoms with E-state index in [1.165, 1.54) is 32.1 Å². The van der Waals surface area contributed by atoms with Crippen molar-refractivity contribution in [1.82, 2.24) is 5.32 Å². The second kappa shape index (κ2) is 6.74. The van der Waals surface area contributed by atoms with Gasteiger partial charge in [-0.15, -0.1) is 0 Å². The Morgan fingerprint density at radius 1 is 1.18 bits per heavy atom. The summed E-state index contributed by atoms with van der Waals surface area (Å²) in [6.45, 7) is 10.8. The predicted octanol–water partition coefficient (Wildman–Crippen LogP) is 5.26. The van der Waals surface area contributed by atoms with Crippen LogP contribution in [0.4, 0.5) is 0 Å². The van der Waals surface area contributed by atoms with Crippen LogP contribution in [0.3, 0.4) is 0 Å². The zero-order chi connectivity index (χ0) is 15.7. The summed E-state index contributed by atoms with van der Waals surface area (Å²) in [5.74, 6) is 2.98. The van der Waals surface area contributed by atoms with Crippen molar-refractivity contribution >= 4 is 0 Å². The molecule has 0 spiro atoms. The molecule has 0 bridgehead atoms. The molecule has 1 nitrogen and oxygen atoms in total. The van der Waals surface area contributed by atoms with Crippen molar-refractivity contribution in [3.8, 4) is 0 Å². The Morgan fingerprint density at radius 3 is 2.77 bits per heavy atom. The molecule has 0 saturated heterocycles. The summed E-state index contributed by atoms with van der Waals surface area (Å²) in [7, 11) is 0. The van der Waals surface area contributed by atoms with Gasteiger partial charge in [0.25, 0.3) is 0 Å². The van der Waals surface area contributed by atoms with Crippen molar-refractivity contribution in [3.05, 3.63) is 34.9 Å². The molecule has 122 valence electrons. The number of hydrogen-bond donors (Lipinski definition) is 1. The van der Waals surface area contributed by atoms with Crippen LogP contribution in [0.15, 0.2) is 34.9 Å². The predicted molar refractivity (Wildman–Crippen MR) is 95.8 cm³/mol. The van der Waals surface area contributed by atoms with Gasteiger partial charge in [-0.25, -0.2) is 0 Å². The maximum Gasteiger partial charge on any atom is 0.0291 e. The summed E-state index contributed by atoms with van der Waals surface area (Å²) in [4.78, 5) is 0. The number of unbranched alkanes of at least 4 members (excludes halogenated alkanes) is 2. The number of fused-ring (bicyclic) bond motifs is 2. The van der Waals surface area contributed by atoms with E-state index in [2.05, 4.69) is 51.2 Å². The molecule has 1 aliphatic heterocycles. The highest BCUT2D eigenvalue weighted by Gasteiger charge is 2.39. The lowest BCUT2D eigenvalue weighted by Crippen LogP contribution is -2.48. The van der Waals surface area contributed by atoms with Crippen molar-refractivity contribution in [3.63, 3.8) is 0 Å². The quantitative estimate of drug-likeness (QED) is 0.698. The van der Waals surface area contributed by atoms with Gasteiger partial charge < -0.3 is 5.32 Å². The molecule has 1 heterocycles. The third kappa shape index (κ3) is 2.97. The summed E-state index contributed by atoms with van der Waals surface area (Å²) in [6, 6.07) is 0.632. The molecule has 0 aromatic rings. The fraction of sp³-hybridized carbons (Fsp3) is 0.714. The van der Waals surface area contributed by atoms with Gasteiger partial charge >= 0.3 is 0 Å². The molecule has 5 unspecified atom stereocenters. The van der Waals surface area contributed by atoms with Crippen molar-refractivity contribution in [2.24, 2.45) is 23.7 Å². The fourth-order valence-electron chi connectivity index (χ4n) is 4.64. The molecule has 1 heteroatoms. The SMILES string of the molecule is CCCCCC1=CC2=C3C(CC(C)C(C)C3C)NCC2C=C1. The largest absolute Gasteiger partial charge is 0.309 e. The first kappa shape index (κ1) is 16.1. The zero-order valence-electron chi connectivity index (χ0n) is 14.9. The van der Waals surface area contributed by atoms with Gasteiger partial charge in [-0.05, 0) is 53.7 Å². The van der Waals surface area contributed by atoms with Gasteiger partial charge in [-0.3, -0.25) is 0 Å². The molecule has 0 amide bonds. The van der Waals surface area contributed by atoms with E-state index in [4.69, 9.17) is 0 Å². The minimum Gasteiger partial charge on any atom is -0.309 e. The van der Waals surface area contributed by atoms with Crippen LogP contribution in [0.25, 0.3) is 0 Å². The van der Waals surface area contributed by atoms with Crippen LogP contribution < -0.4 is 5.32 Å². The Kier molecular flexibility index (Phi) is 4.92. The van der Waals surface area contributed by atoms with Gasteiger partial charge in [0, 0.05) is 18.5 Å². The van der Waals surface area contributed by atoms with Gasteiger partial charge in [-0.1, -0.05) is 58.8 Å². The van der Waals surface area contributed by atoms with Gasteiger partial charge in [0.05, 0.1) is 0 Å². The molecule has 0 aromatic carbocycles. The molecule has 0 aromatic heterocycles. The summed E-state index contributed by atoms with van der Waals surface area (Å²) in [5.41, 5.74) is 4.97. The highest BCUT2D eigenvalue weighted by Crippen LogP contribution is 2.44. The third-order valence-corrected chi connectivity index (χ3v) is 6.43. The molecule has 0 radical (unpaired) electrons. The van der Waals surface area contributed by atoms with Gasteiger partial charge in [0.1, 0.15) is 0 Å². The molecule has 2 aliphatic carbocycles. The van der Waals surface area contributed by atoms with Crippen molar-refractivity contribution in [1.29, 1.82) is 0 Å². The van der Waals surface area contributed by atoms with Crippen molar-refractivity contribution in [2.45, 2.75) is 65.8 Å². The lowest BCUT2D eigenvalue weighted by atomic mass is 9.65. The molecule has 5 atom stereocenters. The van der Waals surface area contributed by atoms with E-state index in [1.807, 2.05) is 0 Å². The third-order valence-electron chi connectivity index (χ3n) is 6.43. The normalized spacial score (nSPS) is 37.6. The second-order valence-corrected chi connectivity index (χ2v) is 7.87. The van der Waals surface area contributed by atoms with E-state index in [0.29, 0.717) is 12.0 Å².